The number of nitrogens with zero attached hydrogens (tertiary/aromatic N) is 2. The van der Waals surface area contributed by atoms with Crippen molar-refractivity contribution >= 4 is 5.65 Å². The van der Waals surface area contributed by atoms with E-state index in [2.05, 4.69) is 4.98 Å². The van der Waals surface area contributed by atoms with Crippen molar-refractivity contribution in [1.29, 1.82) is 0 Å². The first-order valence-electron chi connectivity index (χ1n) is 5.35. The Labute approximate surface area is 97.1 Å². The number of halogens is 3. The zero-order chi connectivity index (χ0) is 12.8. The van der Waals surface area contributed by atoms with Crippen LogP contribution in [0.3, 0.4) is 0 Å². The molecule has 2 aromatic heterocycles. The molecule has 0 saturated heterocycles. The summed E-state index contributed by atoms with van der Waals surface area (Å²) in [4.78, 5) is 3.68. The molecule has 0 spiro atoms. The summed E-state index contributed by atoms with van der Waals surface area (Å²) in [7, 11) is 0. The van der Waals surface area contributed by atoms with Crippen LogP contribution in [-0.2, 0) is 6.18 Å². The molecule has 0 aliphatic rings. The lowest BCUT2D eigenvalue weighted by Gasteiger charge is -2.08. The Bertz CT molecular complexity index is 553. The normalized spacial score (nSPS) is 12.6. The molecule has 0 amide bonds. The second-order valence-electron chi connectivity index (χ2n) is 4.48. The molecular formula is C12H13F3N2. The van der Waals surface area contributed by atoms with Gasteiger partial charge in [-0.05, 0) is 24.0 Å². The summed E-state index contributed by atoms with van der Waals surface area (Å²) in [5, 5.41) is 0. The molecule has 0 bridgehead atoms. The van der Waals surface area contributed by atoms with E-state index in [0.29, 0.717) is 5.65 Å². The molecule has 0 aromatic carbocycles. The van der Waals surface area contributed by atoms with Crippen LogP contribution in [0.2, 0.25) is 0 Å². The molecule has 17 heavy (non-hydrogen) atoms. The van der Waals surface area contributed by atoms with Crippen LogP contribution in [0.15, 0.2) is 18.5 Å². The van der Waals surface area contributed by atoms with Crippen LogP contribution in [0.4, 0.5) is 13.2 Å². The highest BCUT2D eigenvalue weighted by Gasteiger charge is 2.34. The number of alkyl halides is 3. The number of aromatic nitrogens is 2. The number of hydrogen-bond acceptors (Lipinski definition) is 1. The Morgan fingerprint density at radius 1 is 1.24 bits per heavy atom. The molecule has 2 heterocycles. The maximum atomic E-state index is 12.6. The van der Waals surface area contributed by atoms with Crippen LogP contribution in [0.25, 0.3) is 5.65 Å². The van der Waals surface area contributed by atoms with E-state index in [1.54, 1.807) is 6.20 Å². The number of imidazole rings is 1. The van der Waals surface area contributed by atoms with E-state index >= 15 is 0 Å². The van der Waals surface area contributed by atoms with Gasteiger partial charge in [0.15, 0.2) is 5.69 Å². The first-order chi connectivity index (χ1) is 7.79. The van der Waals surface area contributed by atoms with Crippen molar-refractivity contribution < 1.29 is 13.2 Å². The van der Waals surface area contributed by atoms with Gasteiger partial charge in [0.1, 0.15) is 5.65 Å². The standard InChI is InChI=1S/C12H13F3N2/c1-7(2)9-4-8(3)5-17-6-10(12(13,14)15)16-11(9)17/h4-7H,1-3H3. The highest BCUT2D eigenvalue weighted by atomic mass is 19.4. The fourth-order valence-corrected chi connectivity index (χ4v) is 1.83. The molecule has 0 unspecified atom stereocenters. The summed E-state index contributed by atoms with van der Waals surface area (Å²) < 4.78 is 39.2. The Hall–Kier alpha value is -1.52. The van der Waals surface area contributed by atoms with E-state index in [1.165, 1.54) is 4.40 Å². The average Bonchev–Trinajstić information content (AvgIpc) is 2.58. The zero-order valence-electron chi connectivity index (χ0n) is 9.84. The first-order valence-corrected chi connectivity index (χ1v) is 5.35. The molecule has 5 heteroatoms. The highest BCUT2D eigenvalue weighted by Crippen LogP contribution is 2.30. The molecular weight excluding hydrogens is 229 g/mol. The molecule has 2 rings (SSSR count). The van der Waals surface area contributed by atoms with Crippen LogP contribution >= 0.6 is 0 Å². The molecule has 0 saturated carbocycles. The van der Waals surface area contributed by atoms with Crippen molar-refractivity contribution in [2.75, 3.05) is 0 Å². The molecule has 0 aliphatic heterocycles. The number of hydrogen-bond donors (Lipinski definition) is 0. The van der Waals surface area contributed by atoms with Gasteiger partial charge in [-0.1, -0.05) is 19.9 Å². The van der Waals surface area contributed by atoms with Gasteiger partial charge in [0, 0.05) is 12.4 Å². The quantitative estimate of drug-likeness (QED) is 0.743. The van der Waals surface area contributed by atoms with E-state index in [9.17, 15) is 13.2 Å². The van der Waals surface area contributed by atoms with Crippen molar-refractivity contribution in [2.24, 2.45) is 0 Å². The van der Waals surface area contributed by atoms with Crippen LogP contribution in [0, 0.1) is 6.92 Å². The third-order valence-corrected chi connectivity index (χ3v) is 2.63. The van der Waals surface area contributed by atoms with Gasteiger partial charge >= 0.3 is 6.18 Å². The molecule has 0 atom stereocenters. The minimum Gasteiger partial charge on any atom is -0.306 e. The van der Waals surface area contributed by atoms with Gasteiger partial charge in [0.25, 0.3) is 0 Å². The van der Waals surface area contributed by atoms with E-state index in [-0.39, 0.29) is 5.92 Å². The lowest BCUT2D eigenvalue weighted by Crippen LogP contribution is -2.04. The predicted octanol–water partition coefficient (Wildman–Crippen LogP) is 3.78. The van der Waals surface area contributed by atoms with Crippen LogP contribution in [0.5, 0.6) is 0 Å². The Kier molecular flexibility index (Phi) is 2.64. The zero-order valence-corrected chi connectivity index (χ0v) is 9.84. The smallest absolute Gasteiger partial charge is 0.306 e. The topological polar surface area (TPSA) is 17.3 Å². The van der Waals surface area contributed by atoms with Gasteiger partial charge in [-0.15, -0.1) is 0 Å². The summed E-state index contributed by atoms with van der Waals surface area (Å²) in [5.41, 5.74) is 1.30. The van der Waals surface area contributed by atoms with Crippen molar-refractivity contribution in [3.05, 3.63) is 35.3 Å². The Morgan fingerprint density at radius 3 is 2.41 bits per heavy atom. The van der Waals surface area contributed by atoms with Gasteiger partial charge in [-0.3, -0.25) is 0 Å². The molecule has 0 fully saturated rings. The fourth-order valence-electron chi connectivity index (χ4n) is 1.83. The number of pyridine rings is 1. The fraction of sp³-hybridized carbons (Fsp3) is 0.417. The first kappa shape index (κ1) is 12.0. The largest absolute Gasteiger partial charge is 0.434 e. The Balaban J connectivity index is 2.72. The second kappa shape index (κ2) is 3.75. The lowest BCUT2D eigenvalue weighted by molar-refractivity contribution is -0.140. The summed E-state index contributed by atoms with van der Waals surface area (Å²) in [6, 6.07) is 1.88. The Morgan fingerprint density at radius 2 is 1.88 bits per heavy atom. The third-order valence-electron chi connectivity index (χ3n) is 2.63. The van der Waals surface area contributed by atoms with Gasteiger partial charge in [0.2, 0.25) is 0 Å². The van der Waals surface area contributed by atoms with E-state index < -0.39 is 11.9 Å². The maximum absolute atomic E-state index is 12.6. The van der Waals surface area contributed by atoms with Crippen LogP contribution < -0.4 is 0 Å². The van der Waals surface area contributed by atoms with Crippen molar-refractivity contribution in [2.45, 2.75) is 32.9 Å². The molecule has 2 aromatic rings. The van der Waals surface area contributed by atoms with E-state index in [0.717, 1.165) is 17.3 Å². The van der Waals surface area contributed by atoms with E-state index in [4.69, 9.17) is 0 Å². The molecule has 0 N–H and O–H groups in total. The van der Waals surface area contributed by atoms with Crippen molar-refractivity contribution in [1.82, 2.24) is 9.38 Å². The van der Waals surface area contributed by atoms with Crippen LogP contribution in [0.1, 0.15) is 36.6 Å². The minimum atomic E-state index is -4.39. The molecule has 2 nitrogen and oxygen atoms in total. The predicted molar refractivity (Wildman–Crippen MR) is 59.0 cm³/mol. The number of aryl methyl sites for hydroxylation is 1. The van der Waals surface area contributed by atoms with Gasteiger partial charge in [-0.25, -0.2) is 4.98 Å². The minimum absolute atomic E-state index is 0.140. The summed E-state index contributed by atoms with van der Waals surface area (Å²) in [5.74, 6) is 0.140. The summed E-state index contributed by atoms with van der Waals surface area (Å²) in [6.07, 6.45) is -1.70. The van der Waals surface area contributed by atoms with E-state index in [1.807, 2.05) is 26.8 Å². The number of rotatable bonds is 1. The highest BCUT2D eigenvalue weighted by molar-refractivity contribution is 5.52. The molecule has 0 aliphatic carbocycles. The lowest BCUT2D eigenvalue weighted by atomic mass is 10.0. The molecule has 92 valence electrons. The third kappa shape index (κ3) is 2.14. The average molecular weight is 242 g/mol. The summed E-state index contributed by atoms with van der Waals surface area (Å²) >= 11 is 0. The monoisotopic (exact) mass is 242 g/mol. The molecule has 0 radical (unpaired) electrons. The second-order valence-corrected chi connectivity index (χ2v) is 4.48. The van der Waals surface area contributed by atoms with Crippen LogP contribution in [-0.4, -0.2) is 9.38 Å². The van der Waals surface area contributed by atoms with Crippen molar-refractivity contribution in [3.63, 3.8) is 0 Å². The van der Waals surface area contributed by atoms with Crippen molar-refractivity contribution in [3.8, 4) is 0 Å². The van der Waals surface area contributed by atoms with Gasteiger partial charge < -0.3 is 4.40 Å². The summed E-state index contributed by atoms with van der Waals surface area (Å²) in [6.45, 7) is 5.74. The number of fused-ring (bicyclic) bond motifs is 1. The van der Waals surface area contributed by atoms with Gasteiger partial charge in [0.05, 0.1) is 0 Å². The SMILES string of the molecule is Cc1cc(C(C)C)c2nc(C(F)(F)F)cn2c1. The maximum Gasteiger partial charge on any atom is 0.434 e. The van der Waals surface area contributed by atoms with Gasteiger partial charge in [-0.2, -0.15) is 13.2 Å².